The van der Waals surface area contributed by atoms with Gasteiger partial charge < -0.3 is 14.9 Å². The number of carboxylic acid groups (broad SMARTS) is 1. The van der Waals surface area contributed by atoms with Gasteiger partial charge in [-0.05, 0) is 31.9 Å². The van der Waals surface area contributed by atoms with Gasteiger partial charge in [-0.2, -0.15) is 0 Å². The molecule has 0 atom stereocenters. The van der Waals surface area contributed by atoms with Crippen LogP contribution >= 0.6 is 0 Å². The summed E-state index contributed by atoms with van der Waals surface area (Å²) >= 11 is 0. The molecule has 0 bridgehead atoms. The zero-order valence-corrected chi connectivity index (χ0v) is 15.0. The first-order valence-electron chi connectivity index (χ1n) is 8.32. The minimum atomic E-state index is -0.900. The Balaban J connectivity index is 2.09. The number of carboxylic acids is 1. The van der Waals surface area contributed by atoms with Crippen molar-refractivity contribution in [3.63, 3.8) is 0 Å². The minimum Gasteiger partial charge on any atom is -0.481 e. The number of hydrogen-bond acceptors (Lipinski definition) is 5. The minimum absolute atomic E-state index is 0.0128. The van der Waals surface area contributed by atoms with Crippen molar-refractivity contribution in [2.45, 2.75) is 19.8 Å². The van der Waals surface area contributed by atoms with E-state index in [1.165, 1.54) is 18.9 Å². The maximum absolute atomic E-state index is 13.6. The third-order valence-electron chi connectivity index (χ3n) is 4.59. The molecule has 1 aromatic carbocycles. The number of rotatable bonds is 5. The van der Waals surface area contributed by atoms with Crippen molar-refractivity contribution >= 4 is 23.5 Å². The second kappa shape index (κ2) is 8.11. The van der Waals surface area contributed by atoms with E-state index >= 15 is 0 Å². The number of likely N-dealkylation sites (tertiary alicyclic amines) is 1. The number of carbonyl (C=O) groups is 3. The summed E-state index contributed by atoms with van der Waals surface area (Å²) in [4.78, 5) is 48.8. The number of aliphatic carboxylic acids is 1. The predicted molar refractivity (Wildman–Crippen MR) is 91.7 cm³/mol. The van der Waals surface area contributed by atoms with E-state index in [2.05, 4.69) is 0 Å². The molecule has 10 heteroatoms. The Kier molecular flexibility index (Phi) is 6.09. The van der Waals surface area contributed by atoms with Gasteiger partial charge in [0.15, 0.2) is 0 Å². The molecule has 0 spiro atoms. The van der Waals surface area contributed by atoms with Crippen LogP contribution in [0.5, 0.6) is 0 Å². The van der Waals surface area contributed by atoms with Crippen LogP contribution in [0, 0.1) is 28.8 Å². The van der Waals surface area contributed by atoms with Crippen LogP contribution in [0.25, 0.3) is 0 Å². The number of carbonyl (C=O) groups excluding carboxylic acids is 2. The molecule has 0 aliphatic carbocycles. The van der Waals surface area contributed by atoms with Crippen molar-refractivity contribution in [3.05, 3.63) is 39.2 Å². The van der Waals surface area contributed by atoms with Crippen LogP contribution in [-0.4, -0.2) is 64.3 Å². The number of piperidine rings is 1. The maximum atomic E-state index is 13.6. The fourth-order valence-corrected chi connectivity index (χ4v) is 3.10. The van der Waals surface area contributed by atoms with Crippen molar-refractivity contribution in [1.82, 2.24) is 9.80 Å². The van der Waals surface area contributed by atoms with Crippen LogP contribution in [0.15, 0.2) is 12.1 Å². The molecule has 1 aromatic rings. The monoisotopic (exact) mass is 381 g/mol. The second-order valence-corrected chi connectivity index (χ2v) is 6.53. The van der Waals surface area contributed by atoms with Gasteiger partial charge in [0.25, 0.3) is 11.6 Å². The van der Waals surface area contributed by atoms with Crippen molar-refractivity contribution in [1.29, 1.82) is 0 Å². The van der Waals surface area contributed by atoms with Crippen LogP contribution in [0.4, 0.5) is 10.1 Å². The molecule has 2 rings (SSSR count). The van der Waals surface area contributed by atoms with Gasteiger partial charge in [0.2, 0.25) is 5.91 Å². The Hall–Kier alpha value is -3.04. The average molecular weight is 381 g/mol. The van der Waals surface area contributed by atoms with E-state index < -0.39 is 45.7 Å². The number of likely N-dealkylation sites (N-methyl/N-ethyl adjacent to an activating group) is 1. The Morgan fingerprint density at radius 3 is 2.44 bits per heavy atom. The summed E-state index contributed by atoms with van der Waals surface area (Å²) < 4.78 is 13.6. The summed E-state index contributed by atoms with van der Waals surface area (Å²) in [6, 6.07) is 1.75. The zero-order valence-electron chi connectivity index (χ0n) is 15.0. The SMILES string of the molecule is Cc1cc(F)cc(C(=O)N(C)CC(=O)N2CCC(C(=O)O)CC2)c1[N+](=O)[O-]. The maximum Gasteiger partial charge on any atom is 0.306 e. The first kappa shape index (κ1) is 20.3. The van der Waals surface area contributed by atoms with Crippen molar-refractivity contribution < 1.29 is 28.8 Å². The highest BCUT2D eigenvalue weighted by molar-refractivity contribution is 6.00. The van der Waals surface area contributed by atoms with E-state index in [1.54, 1.807) is 0 Å². The van der Waals surface area contributed by atoms with E-state index in [9.17, 15) is 28.9 Å². The molecular formula is C17H20FN3O6. The largest absolute Gasteiger partial charge is 0.481 e. The van der Waals surface area contributed by atoms with Crippen LogP contribution in [0.2, 0.25) is 0 Å². The smallest absolute Gasteiger partial charge is 0.306 e. The van der Waals surface area contributed by atoms with Crippen molar-refractivity contribution in [2.75, 3.05) is 26.7 Å². The summed E-state index contributed by atoms with van der Waals surface area (Å²) in [5, 5.41) is 20.2. The number of hydrogen-bond donors (Lipinski definition) is 1. The molecule has 1 saturated heterocycles. The highest BCUT2D eigenvalue weighted by Crippen LogP contribution is 2.26. The molecule has 1 fully saturated rings. The zero-order chi connectivity index (χ0) is 20.3. The number of aryl methyl sites for hydroxylation is 1. The molecule has 1 N–H and O–H groups in total. The number of benzene rings is 1. The predicted octanol–water partition coefficient (Wildman–Crippen LogP) is 1.44. The summed E-state index contributed by atoms with van der Waals surface area (Å²) in [5.41, 5.74) is -0.904. The molecule has 0 saturated carbocycles. The van der Waals surface area contributed by atoms with E-state index in [0.717, 1.165) is 17.0 Å². The van der Waals surface area contributed by atoms with Crippen LogP contribution < -0.4 is 0 Å². The van der Waals surface area contributed by atoms with Gasteiger partial charge in [-0.1, -0.05) is 0 Å². The second-order valence-electron chi connectivity index (χ2n) is 6.53. The van der Waals surface area contributed by atoms with Gasteiger partial charge in [0.05, 0.1) is 17.4 Å². The summed E-state index contributed by atoms with van der Waals surface area (Å²) in [5.74, 6) is -3.41. The molecule has 0 aromatic heterocycles. The van der Waals surface area contributed by atoms with E-state index in [4.69, 9.17) is 5.11 Å². The Morgan fingerprint density at radius 2 is 1.93 bits per heavy atom. The number of amides is 2. The quantitative estimate of drug-likeness (QED) is 0.608. The topological polar surface area (TPSA) is 121 Å². The lowest BCUT2D eigenvalue weighted by atomic mass is 9.97. The fourth-order valence-electron chi connectivity index (χ4n) is 3.10. The fraction of sp³-hybridized carbons (Fsp3) is 0.471. The summed E-state index contributed by atoms with van der Waals surface area (Å²) in [6.07, 6.45) is 0.653. The normalized spacial score (nSPS) is 14.7. The number of halogens is 1. The number of nitrogens with zero attached hydrogens (tertiary/aromatic N) is 3. The molecule has 0 radical (unpaired) electrons. The lowest BCUT2D eigenvalue weighted by molar-refractivity contribution is -0.385. The number of nitro benzene ring substituents is 1. The Bertz CT molecular complexity index is 789. The van der Waals surface area contributed by atoms with Gasteiger partial charge in [-0.15, -0.1) is 0 Å². The number of nitro groups is 1. The highest BCUT2D eigenvalue weighted by Gasteiger charge is 2.30. The van der Waals surface area contributed by atoms with Gasteiger partial charge >= 0.3 is 5.97 Å². The van der Waals surface area contributed by atoms with Crippen LogP contribution in [-0.2, 0) is 9.59 Å². The Labute approximate surface area is 154 Å². The lowest BCUT2D eigenvalue weighted by Crippen LogP contribution is -2.45. The molecule has 9 nitrogen and oxygen atoms in total. The van der Waals surface area contributed by atoms with E-state index in [0.29, 0.717) is 12.8 Å². The van der Waals surface area contributed by atoms with Crippen molar-refractivity contribution in [3.8, 4) is 0 Å². The molecule has 146 valence electrons. The van der Waals surface area contributed by atoms with E-state index in [1.807, 2.05) is 0 Å². The molecule has 0 unspecified atom stereocenters. The van der Waals surface area contributed by atoms with Crippen LogP contribution in [0.3, 0.4) is 0 Å². The van der Waals surface area contributed by atoms with Gasteiger partial charge in [-0.25, -0.2) is 4.39 Å². The third-order valence-corrected chi connectivity index (χ3v) is 4.59. The summed E-state index contributed by atoms with van der Waals surface area (Å²) in [7, 11) is 1.30. The standard InChI is InChI=1S/C17H20FN3O6/c1-10-7-12(18)8-13(15(10)21(26)27)16(23)19(2)9-14(22)20-5-3-11(4-6-20)17(24)25/h7-8,11H,3-6,9H2,1-2H3,(H,24,25). The molecule has 1 aliphatic heterocycles. The lowest BCUT2D eigenvalue weighted by Gasteiger charge is -2.31. The Morgan fingerprint density at radius 1 is 1.33 bits per heavy atom. The molecule has 1 heterocycles. The van der Waals surface area contributed by atoms with Gasteiger partial charge in [-0.3, -0.25) is 24.5 Å². The molecular weight excluding hydrogens is 361 g/mol. The van der Waals surface area contributed by atoms with Crippen LogP contribution in [0.1, 0.15) is 28.8 Å². The molecule has 27 heavy (non-hydrogen) atoms. The third kappa shape index (κ3) is 4.57. The van der Waals surface area contributed by atoms with Gasteiger partial charge in [0.1, 0.15) is 11.4 Å². The van der Waals surface area contributed by atoms with Crippen molar-refractivity contribution in [2.24, 2.45) is 5.92 Å². The van der Waals surface area contributed by atoms with Gasteiger partial charge in [0, 0.05) is 25.7 Å². The average Bonchev–Trinajstić information content (AvgIpc) is 2.59. The molecule has 2 amide bonds. The highest BCUT2D eigenvalue weighted by atomic mass is 19.1. The molecule has 1 aliphatic rings. The first-order valence-corrected chi connectivity index (χ1v) is 8.32. The first-order chi connectivity index (χ1) is 12.6. The van der Waals surface area contributed by atoms with E-state index in [-0.39, 0.29) is 25.2 Å². The summed E-state index contributed by atoms with van der Waals surface area (Å²) in [6.45, 7) is 1.51.